The van der Waals surface area contributed by atoms with Gasteiger partial charge in [-0.1, -0.05) is 0 Å². The van der Waals surface area contributed by atoms with Gasteiger partial charge in [0, 0.05) is 43.0 Å². The highest BCUT2D eigenvalue weighted by molar-refractivity contribution is 7.08. The molecule has 1 aromatic heterocycles. The molecule has 1 saturated heterocycles. The number of hydrogen-bond donors (Lipinski definition) is 2. The van der Waals surface area contributed by atoms with Gasteiger partial charge in [-0.15, -0.1) is 12.4 Å². The predicted molar refractivity (Wildman–Crippen MR) is 82.3 cm³/mol. The van der Waals surface area contributed by atoms with E-state index in [9.17, 15) is 9.59 Å². The van der Waals surface area contributed by atoms with E-state index in [2.05, 4.69) is 5.32 Å². The van der Waals surface area contributed by atoms with Crippen LogP contribution in [0.1, 0.15) is 29.6 Å². The van der Waals surface area contributed by atoms with E-state index in [1.165, 1.54) is 11.3 Å². The molecular weight excluding hydrogens is 298 g/mol. The Bertz CT molecular complexity index is 439. The zero-order chi connectivity index (χ0) is 13.7. The first-order valence-electron chi connectivity index (χ1n) is 6.50. The van der Waals surface area contributed by atoms with E-state index >= 15 is 0 Å². The maximum Gasteiger partial charge on any atom is 0.252 e. The fourth-order valence-electron chi connectivity index (χ4n) is 2.17. The summed E-state index contributed by atoms with van der Waals surface area (Å²) in [7, 11) is 0. The maximum absolute atomic E-state index is 11.9. The van der Waals surface area contributed by atoms with E-state index in [1.54, 1.807) is 16.3 Å². The van der Waals surface area contributed by atoms with Crippen LogP contribution in [-0.2, 0) is 4.79 Å². The molecule has 0 aliphatic carbocycles. The molecule has 0 saturated carbocycles. The second-order valence-electron chi connectivity index (χ2n) is 4.76. The smallest absolute Gasteiger partial charge is 0.252 e. The first-order chi connectivity index (χ1) is 9.16. The lowest BCUT2D eigenvalue weighted by molar-refractivity contribution is -0.132. The number of halogens is 1. The normalized spacial score (nSPS) is 18.2. The van der Waals surface area contributed by atoms with Gasteiger partial charge in [0.1, 0.15) is 0 Å². The molecular formula is C13H20ClN3O2S. The monoisotopic (exact) mass is 317 g/mol. The standard InChI is InChI=1S/C13H19N3O2S.ClH/c14-11-2-1-6-16(8-11)12(17)3-5-15-13(18)10-4-7-19-9-10;/h4,7,9,11H,1-3,5-6,8,14H2,(H,15,18);1H. The minimum absolute atomic E-state index is 0. The van der Waals surface area contributed by atoms with Crippen LogP contribution in [0.2, 0.25) is 0 Å². The van der Waals surface area contributed by atoms with E-state index in [-0.39, 0.29) is 30.3 Å². The number of nitrogens with two attached hydrogens (primary N) is 1. The Kier molecular flexibility index (Phi) is 6.98. The van der Waals surface area contributed by atoms with Crippen LogP contribution >= 0.6 is 23.7 Å². The number of nitrogens with zero attached hydrogens (tertiary/aromatic N) is 1. The van der Waals surface area contributed by atoms with Crippen LogP contribution in [0, 0.1) is 0 Å². The summed E-state index contributed by atoms with van der Waals surface area (Å²) >= 11 is 1.48. The summed E-state index contributed by atoms with van der Waals surface area (Å²) in [5.41, 5.74) is 6.49. The maximum atomic E-state index is 11.9. The summed E-state index contributed by atoms with van der Waals surface area (Å²) in [5.74, 6) is -0.0508. The van der Waals surface area contributed by atoms with Gasteiger partial charge in [-0.3, -0.25) is 9.59 Å². The van der Waals surface area contributed by atoms with Crippen molar-refractivity contribution in [3.8, 4) is 0 Å². The molecule has 1 aliphatic heterocycles. The fourth-order valence-corrected chi connectivity index (χ4v) is 2.81. The summed E-state index contributed by atoms with van der Waals surface area (Å²) in [5, 5.41) is 6.40. The Labute approximate surface area is 128 Å². The molecule has 5 nitrogen and oxygen atoms in total. The fraction of sp³-hybridized carbons (Fsp3) is 0.538. The molecule has 1 atom stereocenters. The van der Waals surface area contributed by atoms with Crippen LogP contribution in [-0.4, -0.2) is 42.4 Å². The number of carbonyl (C=O) groups is 2. The quantitative estimate of drug-likeness (QED) is 0.877. The number of carbonyl (C=O) groups excluding carboxylic acids is 2. The van der Waals surface area contributed by atoms with Gasteiger partial charge < -0.3 is 16.0 Å². The van der Waals surface area contributed by atoms with E-state index < -0.39 is 0 Å². The topological polar surface area (TPSA) is 75.4 Å². The van der Waals surface area contributed by atoms with E-state index in [0.717, 1.165) is 19.4 Å². The molecule has 0 radical (unpaired) electrons. The third kappa shape index (κ3) is 4.77. The van der Waals surface area contributed by atoms with Crippen LogP contribution in [0.15, 0.2) is 16.8 Å². The highest BCUT2D eigenvalue weighted by Crippen LogP contribution is 2.09. The summed E-state index contributed by atoms with van der Waals surface area (Å²) in [6.07, 6.45) is 2.29. The third-order valence-corrected chi connectivity index (χ3v) is 3.90. The minimum Gasteiger partial charge on any atom is -0.351 e. The third-order valence-electron chi connectivity index (χ3n) is 3.22. The Morgan fingerprint density at radius 2 is 2.30 bits per heavy atom. The van der Waals surface area contributed by atoms with Crippen LogP contribution in [0.4, 0.5) is 0 Å². The Morgan fingerprint density at radius 1 is 1.50 bits per heavy atom. The van der Waals surface area contributed by atoms with Crippen LogP contribution in [0.3, 0.4) is 0 Å². The minimum atomic E-state index is -0.121. The predicted octanol–water partition coefficient (Wildman–Crippen LogP) is 1.24. The Hall–Kier alpha value is -1.11. The second-order valence-corrected chi connectivity index (χ2v) is 5.54. The van der Waals surface area contributed by atoms with Gasteiger partial charge >= 0.3 is 0 Å². The number of amides is 2. The first kappa shape index (κ1) is 16.9. The van der Waals surface area contributed by atoms with E-state index in [0.29, 0.717) is 25.1 Å². The van der Waals surface area contributed by atoms with E-state index in [4.69, 9.17) is 5.73 Å². The number of likely N-dealkylation sites (tertiary alicyclic amines) is 1. The van der Waals surface area contributed by atoms with E-state index in [1.807, 2.05) is 5.38 Å². The van der Waals surface area contributed by atoms with Gasteiger partial charge in [0.05, 0.1) is 0 Å². The molecule has 2 heterocycles. The van der Waals surface area contributed by atoms with Gasteiger partial charge in [0.15, 0.2) is 0 Å². The molecule has 2 rings (SSSR count). The molecule has 1 aromatic rings. The lowest BCUT2D eigenvalue weighted by Crippen LogP contribution is -2.46. The number of hydrogen-bond acceptors (Lipinski definition) is 4. The number of nitrogens with one attached hydrogen (secondary N) is 1. The highest BCUT2D eigenvalue weighted by atomic mass is 35.5. The Balaban J connectivity index is 0.00000200. The van der Waals surface area contributed by atoms with Crippen molar-refractivity contribution in [2.75, 3.05) is 19.6 Å². The van der Waals surface area contributed by atoms with Crippen molar-refractivity contribution >= 4 is 35.6 Å². The summed E-state index contributed by atoms with van der Waals surface area (Å²) in [4.78, 5) is 25.4. The lowest BCUT2D eigenvalue weighted by atomic mass is 10.1. The number of rotatable bonds is 4. The lowest BCUT2D eigenvalue weighted by Gasteiger charge is -2.30. The zero-order valence-corrected chi connectivity index (χ0v) is 12.8. The van der Waals surface area contributed by atoms with Gasteiger partial charge in [-0.25, -0.2) is 0 Å². The van der Waals surface area contributed by atoms with Crippen molar-refractivity contribution < 1.29 is 9.59 Å². The van der Waals surface area contributed by atoms with Gasteiger partial charge in [-0.2, -0.15) is 11.3 Å². The summed E-state index contributed by atoms with van der Waals surface area (Å²) in [6, 6.07) is 1.86. The first-order valence-corrected chi connectivity index (χ1v) is 7.45. The van der Waals surface area contributed by atoms with Crippen LogP contribution in [0.25, 0.3) is 0 Å². The summed E-state index contributed by atoms with van der Waals surface area (Å²) in [6.45, 7) is 1.79. The van der Waals surface area contributed by atoms with Crippen molar-refractivity contribution in [2.45, 2.75) is 25.3 Å². The molecule has 2 amide bonds. The molecule has 3 N–H and O–H groups in total. The van der Waals surface area contributed by atoms with Crippen molar-refractivity contribution in [2.24, 2.45) is 5.73 Å². The van der Waals surface area contributed by atoms with Crippen LogP contribution < -0.4 is 11.1 Å². The molecule has 0 bridgehead atoms. The average molecular weight is 318 g/mol. The van der Waals surface area contributed by atoms with Gasteiger partial charge in [-0.05, 0) is 24.3 Å². The number of piperidine rings is 1. The molecule has 20 heavy (non-hydrogen) atoms. The molecule has 1 aliphatic rings. The molecule has 1 fully saturated rings. The van der Waals surface area contributed by atoms with Crippen molar-refractivity contribution in [1.82, 2.24) is 10.2 Å². The molecule has 1 unspecified atom stereocenters. The largest absolute Gasteiger partial charge is 0.351 e. The SMILES string of the molecule is Cl.NC1CCCN(C(=O)CCNC(=O)c2ccsc2)C1. The van der Waals surface area contributed by atoms with Crippen LogP contribution in [0.5, 0.6) is 0 Å². The van der Waals surface area contributed by atoms with Crippen molar-refractivity contribution in [3.63, 3.8) is 0 Å². The average Bonchev–Trinajstić information content (AvgIpc) is 2.92. The Morgan fingerprint density at radius 3 is 2.95 bits per heavy atom. The molecule has 0 spiro atoms. The second kappa shape index (κ2) is 8.24. The summed E-state index contributed by atoms with van der Waals surface area (Å²) < 4.78 is 0. The number of thiophene rings is 1. The molecule has 7 heteroatoms. The molecule has 112 valence electrons. The molecule has 0 aromatic carbocycles. The zero-order valence-electron chi connectivity index (χ0n) is 11.2. The van der Waals surface area contributed by atoms with Gasteiger partial charge in [0.25, 0.3) is 5.91 Å². The van der Waals surface area contributed by atoms with Gasteiger partial charge in [0.2, 0.25) is 5.91 Å². The van der Waals surface area contributed by atoms with Crippen molar-refractivity contribution in [1.29, 1.82) is 0 Å². The van der Waals surface area contributed by atoms with Crippen molar-refractivity contribution in [3.05, 3.63) is 22.4 Å². The highest BCUT2D eigenvalue weighted by Gasteiger charge is 2.20.